The molecule has 1 aliphatic heterocycles. The molecule has 6 aromatic rings. The van der Waals surface area contributed by atoms with Crippen LogP contribution in [0.1, 0.15) is 94.5 Å². The highest BCUT2D eigenvalue weighted by atomic mass is 32.2. The van der Waals surface area contributed by atoms with Crippen molar-refractivity contribution in [2.75, 3.05) is 27.1 Å². The van der Waals surface area contributed by atoms with E-state index in [1.54, 1.807) is 14.2 Å². The van der Waals surface area contributed by atoms with Crippen LogP contribution in [0.25, 0.3) is 39.1 Å². The van der Waals surface area contributed by atoms with Gasteiger partial charge < -0.3 is 18.9 Å². The Balaban J connectivity index is 1.36. The summed E-state index contributed by atoms with van der Waals surface area (Å²) in [6.45, 7) is 12.8. The van der Waals surface area contributed by atoms with Gasteiger partial charge in [0.1, 0.15) is 23.0 Å². The number of ether oxygens (including phenoxy) is 4. The molecular weight excluding hydrogens is 745 g/mol. The predicted molar refractivity (Wildman–Crippen MR) is 246 cm³/mol. The first kappa shape index (κ1) is 39.3. The minimum absolute atomic E-state index is 0.133. The monoisotopic (exact) mass is 800 g/mol. The molecule has 0 bridgehead atoms. The van der Waals surface area contributed by atoms with E-state index in [2.05, 4.69) is 138 Å². The zero-order chi connectivity index (χ0) is 41.2. The third-order valence-corrected chi connectivity index (χ3v) is 13.8. The SMILES string of the molecule is CCCCOc1ccc(-c2cc3c4c(c5c(c3cc2SC)-c2ccccc2C52CC(C)(C)CC(C)(C)C2)C=CC(c2ccc(OC)cc2)(c2ccc(OC)cc2)O4)cc1. The van der Waals surface area contributed by atoms with Crippen LogP contribution in [0.3, 0.4) is 0 Å². The molecule has 302 valence electrons. The largest absolute Gasteiger partial charge is 0.497 e. The second-order valence-corrected chi connectivity index (χ2v) is 19.3. The van der Waals surface area contributed by atoms with E-state index in [0.717, 1.165) is 77.4 Å². The van der Waals surface area contributed by atoms with E-state index >= 15 is 0 Å². The Morgan fingerprint density at radius 2 is 1.29 bits per heavy atom. The zero-order valence-electron chi connectivity index (χ0n) is 35.8. The van der Waals surface area contributed by atoms with Gasteiger partial charge in [0.15, 0.2) is 5.60 Å². The van der Waals surface area contributed by atoms with Crippen LogP contribution in [-0.2, 0) is 11.0 Å². The minimum Gasteiger partial charge on any atom is -0.497 e. The fourth-order valence-corrected chi connectivity index (χ4v) is 11.9. The molecule has 59 heavy (non-hydrogen) atoms. The smallest absolute Gasteiger partial charge is 0.178 e. The Labute approximate surface area is 355 Å². The van der Waals surface area contributed by atoms with Gasteiger partial charge >= 0.3 is 0 Å². The lowest BCUT2D eigenvalue weighted by atomic mass is 9.52. The van der Waals surface area contributed by atoms with Crippen molar-refractivity contribution in [2.24, 2.45) is 10.8 Å². The van der Waals surface area contributed by atoms with Crippen molar-refractivity contribution in [1.82, 2.24) is 0 Å². The number of hydrogen-bond acceptors (Lipinski definition) is 5. The molecule has 1 fully saturated rings. The highest BCUT2D eigenvalue weighted by Gasteiger charge is 2.55. The summed E-state index contributed by atoms with van der Waals surface area (Å²) in [5.41, 5.74) is 10.3. The average molecular weight is 801 g/mol. The van der Waals surface area contributed by atoms with Gasteiger partial charge in [0.05, 0.1) is 20.8 Å². The lowest BCUT2D eigenvalue weighted by molar-refractivity contribution is 0.0642. The highest BCUT2D eigenvalue weighted by molar-refractivity contribution is 7.98. The standard InChI is InChI=1S/C54H56O4S/c1-9-10-29-57-40-21-15-35(16-22-40)43-30-45-44(31-47(43)59-8)48-41-13-11-12-14-46(41)53(33-51(2,3)32-52(4,5)34-53)49(48)42-27-28-54(58-50(42)45,36-17-23-38(55-6)24-18-36)37-19-25-39(56-7)26-20-37/h11-28,30-31H,9-10,29,32-34H2,1-8H3. The quantitative estimate of drug-likeness (QED) is 0.102. The molecule has 6 aromatic carbocycles. The van der Waals surface area contributed by atoms with Gasteiger partial charge in [-0.1, -0.05) is 108 Å². The minimum atomic E-state index is -0.924. The maximum Gasteiger partial charge on any atom is 0.178 e. The van der Waals surface area contributed by atoms with Gasteiger partial charge in [-0.2, -0.15) is 0 Å². The molecule has 0 saturated heterocycles. The summed E-state index contributed by atoms with van der Waals surface area (Å²) in [6, 6.07) is 39.5. The van der Waals surface area contributed by atoms with Gasteiger partial charge in [0.25, 0.3) is 0 Å². The van der Waals surface area contributed by atoms with E-state index < -0.39 is 5.60 Å². The van der Waals surface area contributed by atoms with Gasteiger partial charge in [-0.25, -0.2) is 0 Å². The molecule has 4 nitrogen and oxygen atoms in total. The van der Waals surface area contributed by atoms with E-state index in [0.29, 0.717) is 0 Å². The molecule has 3 aliphatic rings. The number of thioether (sulfide) groups is 1. The third kappa shape index (κ3) is 6.61. The molecule has 1 heterocycles. The zero-order valence-corrected chi connectivity index (χ0v) is 36.6. The number of hydrogen-bond donors (Lipinski definition) is 0. The van der Waals surface area contributed by atoms with Gasteiger partial charge in [-0.3, -0.25) is 0 Å². The number of fused-ring (bicyclic) bond motifs is 10. The average Bonchev–Trinajstić information content (AvgIpc) is 3.50. The Hall–Kier alpha value is -5.13. The maximum atomic E-state index is 7.86. The number of methoxy groups -OCH3 is 2. The predicted octanol–water partition coefficient (Wildman–Crippen LogP) is 14.3. The normalized spacial score (nSPS) is 17.5. The molecular formula is C54H56O4S. The Bertz CT molecular complexity index is 2500. The van der Waals surface area contributed by atoms with E-state index in [-0.39, 0.29) is 16.2 Å². The third-order valence-electron chi connectivity index (χ3n) is 13.0. The molecule has 5 heteroatoms. The number of rotatable bonds is 10. The van der Waals surface area contributed by atoms with Crippen LogP contribution >= 0.6 is 11.8 Å². The van der Waals surface area contributed by atoms with Crippen LogP contribution in [-0.4, -0.2) is 27.1 Å². The molecule has 0 N–H and O–H groups in total. The fourth-order valence-electron chi connectivity index (χ4n) is 11.3. The van der Waals surface area contributed by atoms with Crippen molar-refractivity contribution in [2.45, 2.75) is 82.6 Å². The maximum absolute atomic E-state index is 7.86. The second kappa shape index (κ2) is 14.9. The van der Waals surface area contributed by atoms with E-state index in [1.165, 1.54) is 50.1 Å². The van der Waals surface area contributed by atoms with Crippen molar-refractivity contribution in [3.8, 4) is 45.3 Å². The molecule has 1 saturated carbocycles. The second-order valence-electron chi connectivity index (χ2n) is 18.4. The van der Waals surface area contributed by atoms with Crippen molar-refractivity contribution < 1.29 is 18.9 Å². The van der Waals surface area contributed by atoms with Gasteiger partial charge in [0, 0.05) is 32.4 Å². The van der Waals surface area contributed by atoms with Crippen molar-refractivity contribution in [1.29, 1.82) is 0 Å². The summed E-state index contributed by atoms with van der Waals surface area (Å²) in [5.74, 6) is 3.44. The van der Waals surface area contributed by atoms with E-state index in [4.69, 9.17) is 18.9 Å². The Morgan fingerprint density at radius 3 is 1.88 bits per heavy atom. The van der Waals surface area contributed by atoms with Gasteiger partial charge in [0.2, 0.25) is 0 Å². The van der Waals surface area contributed by atoms with Crippen molar-refractivity contribution in [3.63, 3.8) is 0 Å². The summed E-state index contributed by atoms with van der Waals surface area (Å²) in [6.07, 6.45) is 12.4. The lowest BCUT2D eigenvalue weighted by Crippen LogP contribution is -2.44. The van der Waals surface area contributed by atoms with Crippen molar-refractivity contribution >= 4 is 28.6 Å². The summed E-state index contributed by atoms with van der Waals surface area (Å²) < 4.78 is 25.2. The summed E-state index contributed by atoms with van der Waals surface area (Å²) in [7, 11) is 3.42. The van der Waals surface area contributed by atoms with Crippen LogP contribution in [0.2, 0.25) is 0 Å². The van der Waals surface area contributed by atoms with Gasteiger partial charge in [-0.05, 0) is 136 Å². The van der Waals surface area contributed by atoms with Crippen LogP contribution in [0.15, 0.2) is 120 Å². The Kier molecular flexibility index (Phi) is 9.90. The summed E-state index contributed by atoms with van der Waals surface area (Å²) in [4.78, 5) is 1.24. The number of benzene rings is 6. The molecule has 1 spiro atoms. The fraction of sp³-hybridized carbons (Fsp3) is 0.333. The van der Waals surface area contributed by atoms with E-state index in [1.807, 2.05) is 36.0 Å². The molecule has 9 rings (SSSR count). The summed E-state index contributed by atoms with van der Waals surface area (Å²) >= 11 is 1.81. The van der Waals surface area contributed by atoms with Gasteiger partial charge in [-0.15, -0.1) is 11.8 Å². The van der Waals surface area contributed by atoms with Crippen LogP contribution in [0, 0.1) is 10.8 Å². The molecule has 0 aromatic heterocycles. The van der Waals surface area contributed by atoms with Crippen LogP contribution < -0.4 is 18.9 Å². The first-order chi connectivity index (χ1) is 28.4. The van der Waals surface area contributed by atoms with E-state index in [9.17, 15) is 0 Å². The summed E-state index contributed by atoms with van der Waals surface area (Å²) in [5, 5.41) is 2.36. The van der Waals surface area contributed by atoms with Crippen LogP contribution in [0.4, 0.5) is 0 Å². The first-order valence-corrected chi connectivity index (χ1v) is 22.4. The topological polar surface area (TPSA) is 36.9 Å². The molecule has 0 unspecified atom stereocenters. The molecule has 0 atom stereocenters. The molecule has 0 radical (unpaired) electrons. The lowest BCUT2D eigenvalue weighted by Gasteiger charge is -2.52. The Morgan fingerprint density at radius 1 is 0.678 bits per heavy atom. The van der Waals surface area contributed by atoms with Crippen LogP contribution in [0.5, 0.6) is 23.0 Å². The number of unbranched alkanes of at least 4 members (excludes halogenated alkanes) is 1. The van der Waals surface area contributed by atoms with Crippen molar-refractivity contribution in [3.05, 3.63) is 143 Å². The molecule has 0 amide bonds. The first-order valence-electron chi connectivity index (χ1n) is 21.2. The highest BCUT2D eigenvalue weighted by Crippen LogP contribution is 2.67. The molecule has 2 aliphatic carbocycles.